The van der Waals surface area contributed by atoms with E-state index in [1.807, 2.05) is 24.3 Å². The number of ether oxygens (including phenoxy) is 1. The van der Waals surface area contributed by atoms with Crippen molar-refractivity contribution in [1.29, 1.82) is 0 Å². The van der Waals surface area contributed by atoms with Gasteiger partial charge in [0.05, 0.1) is 12.8 Å². The number of esters is 1. The Hall–Kier alpha value is -1.40. The second kappa shape index (κ2) is 4.85. The van der Waals surface area contributed by atoms with Crippen molar-refractivity contribution in [2.45, 2.75) is 0 Å². The summed E-state index contributed by atoms with van der Waals surface area (Å²) in [7, 11) is 1.32. The Balaban J connectivity index is 2.48. The molecule has 0 atom stereocenters. The van der Waals surface area contributed by atoms with Crippen molar-refractivity contribution in [2.24, 2.45) is 0 Å². The number of hydrogen-bond donors (Lipinski definition) is 1. The summed E-state index contributed by atoms with van der Waals surface area (Å²) in [5, 5.41) is 0. The second-order valence-electron chi connectivity index (χ2n) is 3.28. The molecular weight excluding hydrogens is 304 g/mol. The summed E-state index contributed by atoms with van der Waals surface area (Å²) in [6.07, 6.45) is 0. The molecule has 0 aliphatic rings. The first kappa shape index (κ1) is 12.1. The van der Waals surface area contributed by atoms with Crippen LogP contribution in [0, 0.1) is 0 Å². The largest absolute Gasteiger partial charge is 0.465 e. The van der Waals surface area contributed by atoms with Gasteiger partial charge in [0.15, 0.2) is 4.88 Å². The average Bonchev–Trinajstić information content (AvgIpc) is 2.70. The number of benzene rings is 1. The van der Waals surface area contributed by atoms with Crippen molar-refractivity contribution < 1.29 is 9.53 Å². The Labute approximate surface area is 111 Å². The predicted octanol–water partition coefficient (Wildman–Crippen LogP) is 2.94. The molecule has 1 aromatic carbocycles. The van der Waals surface area contributed by atoms with Gasteiger partial charge < -0.3 is 10.5 Å². The highest BCUT2D eigenvalue weighted by molar-refractivity contribution is 9.10. The maximum absolute atomic E-state index is 11.4. The van der Waals surface area contributed by atoms with Crippen molar-refractivity contribution in [2.75, 3.05) is 12.8 Å². The third kappa shape index (κ3) is 2.32. The van der Waals surface area contributed by atoms with Crippen LogP contribution in [-0.2, 0) is 4.74 Å². The maximum Gasteiger partial charge on any atom is 0.351 e. The van der Waals surface area contributed by atoms with Gasteiger partial charge in [-0.1, -0.05) is 28.1 Å². The number of carbonyl (C=O) groups is 1. The minimum absolute atomic E-state index is 0.336. The molecule has 0 radical (unpaired) electrons. The fraction of sp³-hybridized carbons (Fsp3) is 0.0909. The molecule has 0 spiro atoms. The van der Waals surface area contributed by atoms with E-state index in [1.165, 1.54) is 7.11 Å². The fourth-order valence-corrected chi connectivity index (χ4v) is 2.52. The Morgan fingerprint density at radius 3 is 2.94 bits per heavy atom. The van der Waals surface area contributed by atoms with Crippen LogP contribution in [0.5, 0.6) is 0 Å². The van der Waals surface area contributed by atoms with Gasteiger partial charge in [-0.3, -0.25) is 0 Å². The smallest absolute Gasteiger partial charge is 0.351 e. The molecule has 2 N–H and O–H groups in total. The Bertz CT molecular complexity index is 568. The van der Waals surface area contributed by atoms with Gasteiger partial charge in [0.1, 0.15) is 5.69 Å². The molecular formula is C11H9BrN2O2S. The standard InChI is InChI=1S/C11H9BrN2O2S/c1-16-11(15)10-8(13)9(14-17-10)6-3-2-4-7(12)5-6/h2-5H,13H2,1H3. The van der Waals surface area contributed by atoms with E-state index in [2.05, 4.69) is 25.0 Å². The lowest BCUT2D eigenvalue weighted by atomic mass is 10.1. The first-order chi connectivity index (χ1) is 8.13. The van der Waals surface area contributed by atoms with Crippen molar-refractivity contribution in [1.82, 2.24) is 4.37 Å². The van der Waals surface area contributed by atoms with Crippen LogP contribution >= 0.6 is 27.5 Å². The highest BCUT2D eigenvalue weighted by atomic mass is 79.9. The zero-order valence-electron chi connectivity index (χ0n) is 8.94. The number of carbonyl (C=O) groups excluding carboxylic acids is 1. The molecule has 4 nitrogen and oxygen atoms in total. The first-order valence-electron chi connectivity index (χ1n) is 4.73. The van der Waals surface area contributed by atoms with Gasteiger partial charge >= 0.3 is 5.97 Å². The van der Waals surface area contributed by atoms with Crippen LogP contribution in [0.15, 0.2) is 28.7 Å². The Morgan fingerprint density at radius 1 is 1.53 bits per heavy atom. The third-order valence-electron chi connectivity index (χ3n) is 2.20. The SMILES string of the molecule is COC(=O)c1snc(-c2cccc(Br)c2)c1N. The lowest BCUT2D eigenvalue weighted by Crippen LogP contribution is -2.02. The second-order valence-corrected chi connectivity index (χ2v) is 4.96. The van der Waals surface area contributed by atoms with E-state index in [9.17, 15) is 4.79 Å². The highest BCUT2D eigenvalue weighted by Crippen LogP contribution is 2.32. The summed E-state index contributed by atoms with van der Waals surface area (Å²) in [5.41, 5.74) is 7.73. The zero-order valence-corrected chi connectivity index (χ0v) is 11.3. The number of methoxy groups -OCH3 is 1. The van der Waals surface area contributed by atoms with E-state index in [0.717, 1.165) is 21.6 Å². The predicted molar refractivity (Wildman–Crippen MR) is 71.0 cm³/mol. The minimum Gasteiger partial charge on any atom is -0.465 e. The number of nitrogens with two attached hydrogens (primary N) is 1. The molecule has 0 amide bonds. The van der Waals surface area contributed by atoms with Gasteiger partial charge in [-0.25, -0.2) is 4.79 Å². The minimum atomic E-state index is -0.457. The first-order valence-corrected chi connectivity index (χ1v) is 6.29. The number of aromatic nitrogens is 1. The molecule has 2 aromatic rings. The molecule has 0 aliphatic carbocycles. The number of hydrogen-bond acceptors (Lipinski definition) is 5. The Kier molecular flexibility index (Phi) is 3.44. The highest BCUT2D eigenvalue weighted by Gasteiger charge is 2.18. The third-order valence-corrected chi connectivity index (χ3v) is 3.53. The molecule has 1 aromatic heterocycles. The zero-order chi connectivity index (χ0) is 12.4. The summed E-state index contributed by atoms with van der Waals surface area (Å²) in [4.78, 5) is 11.7. The van der Waals surface area contributed by atoms with E-state index in [0.29, 0.717) is 16.3 Å². The van der Waals surface area contributed by atoms with E-state index in [-0.39, 0.29) is 0 Å². The summed E-state index contributed by atoms with van der Waals surface area (Å²) in [5.74, 6) is -0.457. The molecule has 6 heteroatoms. The monoisotopic (exact) mass is 312 g/mol. The number of halogens is 1. The quantitative estimate of drug-likeness (QED) is 0.866. The number of anilines is 1. The molecule has 0 bridgehead atoms. The topological polar surface area (TPSA) is 65.2 Å². The number of nitrogens with zero attached hydrogens (tertiary/aromatic N) is 1. The van der Waals surface area contributed by atoms with Crippen LogP contribution in [0.4, 0.5) is 5.69 Å². The Morgan fingerprint density at radius 2 is 2.29 bits per heavy atom. The summed E-state index contributed by atoms with van der Waals surface area (Å²) >= 11 is 4.42. The molecule has 17 heavy (non-hydrogen) atoms. The van der Waals surface area contributed by atoms with Crippen molar-refractivity contribution >= 4 is 39.1 Å². The van der Waals surface area contributed by atoms with Gasteiger partial charge in [-0.15, -0.1) is 0 Å². The lowest BCUT2D eigenvalue weighted by Gasteiger charge is -2.00. The number of nitrogen functional groups attached to an aromatic ring is 1. The molecule has 0 saturated carbocycles. The molecule has 1 heterocycles. The van der Waals surface area contributed by atoms with Crippen molar-refractivity contribution in [3.8, 4) is 11.3 Å². The van der Waals surface area contributed by atoms with Gasteiger partial charge in [0.25, 0.3) is 0 Å². The van der Waals surface area contributed by atoms with Crippen molar-refractivity contribution in [3.05, 3.63) is 33.6 Å². The average molecular weight is 313 g/mol. The molecule has 2 rings (SSSR count). The van der Waals surface area contributed by atoms with E-state index >= 15 is 0 Å². The van der Waals surface area contributed by atoms with Crippen LogP contribution < -0.4 is 5.73 Å². The maximum atomic E-state index is 11.4. The van der Waals surface area contributed by atoms with E-state index in [4.69, 9.17) is 5.73 Å². The molecule has 0 fully saturated rings. The van der Waals surface area contributed by atoms with Gasteiger partial charge in [-0.2, -0.15) is 4.37 Å². The summed E-state index contributed by atoms with van der Waals surface area (Å²) in [6.45, 7) is 0. The number of rotatable bonds is 2. The van der Waals surface area contributed by atoms with Crippen LogP contribution in [0.3, 0.4) is 0 Å². The van der Waals surface area contributed by atoms with Crippen LogP contribution in [-0.4, -0.2) is 17.5 Å². The van der Waals surface area contributed by atoms with Crippen LogP contribution in [0.25, 0.3) is 11.3 Å². The summed E-state index contributed by atoms with van der Waals surface area (Å²) < 4.78 is 9.76. The van der Waals surface area contributed by atoms with Crippen LogP contribution in [0.2, 0.25) is 0 Å². The van der Waals surface area contributed by atoms with Gasteiger partial charge in [0, 0.05) is 10.0 Å². The van der Waals surface area contributed by atoms with Gasteiger partial charge in [0.2, 0.25) is 0 Å². The molecule has 0 aliphatic heterocycles. The van der Waals surface area contributed by atoms with Crippen LogP contribution in [0.1, 0.15) is 9.67 Å². The fourth-order valence-electron chi connectivity index (χ4n) is 1.38. The summed E-state index contributed by atoms with van der Waals surface area (Å²) in [6, 6.07) is 7.58. The molecule has 0 unspecified atom stereocenters. The lowest BCUT2D eigenvalue weighted by molar-refractivity contribution is 0.0607. The molecule has 88 valence electrons. The van der Waals surface area contributed by atoms with Crippen molar-refractivity contribution in [3.63, 3.8) is 0 Å². The van der Waals surface area contributed by atoms with E-state index in [1.54, 1.807) is 0 Å². The normalized spacial score (nSPS) is 10.2. The van der Waals surface area contributed by atoms with Gasteiger partial charge in [-0.05, 0) is 23.7 Å². The molecule has 0 saturated heterocycles. The van der Waals surface area contributed by atoms with E-state index < -0.39 is 5.97 Å².